The molecule has 3 N–H and O–H groups in total. The molecule has 0 aromatic carbocycles. The third-order valence-electron chi connectivity index (χ3n) is 3.46. The van der Waals surface area contributed by atoms with Crippen molar-refractivity contribution < 1.29 is 9.90 Å². The maximum Gasteiger partial charge on any atom is 0.315 e. The molecule has 2 aliphatic carbocycles. The highest BCUT2D eigenvalue weighted by Gasteiger charge is 2.31. The maximum atomic E-state index is 11.5. The summed E-state index contributed by atoms with van der Waals surface area (Å²) in [6, 6.07) is 0.0762. The van der Waals surface area contributed by atoms with E-state index in [1.807, 2.05) is 0 Å². The van der Waals surface area contributed by atoms with Crippen molar-refractivity contribution in [3.8, 4) is 0 Å². The van der Waals surface area contributed by atoms with Crippen LogP contribution in [0.4, 0.5) is 4.79 Å². The highest BCUT2D eigenvalue weighted by Crippen LogP contribution is 2.28. The fourth-order valence-corrected chi connectivity index (χ4v) is 2.43. The molecule has 1 saturated carbocycles. The molecular formula is C12H20N2O2. The Kier molecular flexibility index (Phi) is 3.49. The Balaban J connectivity index is 1.67. The minimum Gasteiger partial charge on any atom is -0.388 e. The van der Waals surface area contributed by atoms with Crippen molar-refractivity contribution in [1.82, 2.24) is 10.6 Å². The fourth-order valence-electron chi connectivity index (χ4n) is 2.43. The number of carbonyl (C=O) groups excluding carboxylic acids is 1. The molecule has 0 atom stereocenters. The monoisotopic (exact) mass is 224 g/mol. The van der Waals surface area contributed by atoms with Crippen LogP contribution in [0.15, 0.2) is 12.2 Å². The van der Waals surface area contributed by atoms with Crippen LogP contribution in [0.1, 0.15) is 38.5 Å². The highest BCUT2D eigenvalue weighted by molar-refractivity contribution is 5.74. The van der Waals surface area contributed by atoms with Crippen LogP contribution >= 0.6 is 0 Å². The second kappa shape index (κ2) is 4.87. The van der Waals surface area contributed by atoms with Crippen molar-refractivity contribution in [2.75, 3.05) is 6.54 Å². The number of hydrogen-bond donors (Lipinski definition) is 3. The summed E-state index contributed by atoms with van der Waals surface area (Å²) in [6.45, 7) is 0.374. The number of carbonyl (C=O) groups is 1. The van der Waals surface area contributed by atoms with Gasteiger partial charge in [-0.1, -0.05) is 25.0 Å². The molecule has 0 bridgehead atoms. The van der Waals surface area contributed by atoms with Crippen molar-refractivity contribution in [3.05, 3.63) is 12.2 Å². The molecule has 0 saturated heterocycles. The van der Waals surface area contributed by atoms with E-state index in [2.05, 4.69) is 22.8 Å². The topological polar surface area (TPSA) is 61.4 Å². The van der Waals surface area contributed by atoms with Gasteiger partial charge in [0, 0.05) is 12.6 Å². The third kappa shape index (κ3) is 2.98. The zero-order valence-electron chi connectivity index (χ0n) is 9.54. The number of rotatable bonds is 3. The van der Waals surface area contributed by atoms with E-state index >= 15 is 0 Å². The SMILES string of the molecule is O=C(NCC1(O)CCCC1)NC1CC=CC1. The molecule has 2 rings (SSSR count). The molecule has 2 aliphatic rings. The van der Waals surface area contributed by atoms with Gasteiger partial charge in [-0.15, -0.1) is 0 Å². The normalized spacial score (nSPS) is 23.6. The van der Waals surface area contributed by atoms with Crippen LogP contribution in [0.3, 0.4) is 0 Å². The molecule has 1 fully saturated rings. The average Bonchev–Trinajstić information content (AvgIpc) is 2.88. The van der Waals surface area contributed by atoms with E-state index in [-0.39, 0.29) is 12.1 Å². The number of amides is 2. The highest BCUT2D eigenvalue weighted by atomic mass is 16.3. The Hall–Kier alpha value is -1.03. The second-order valence-electron chi connectivity index (χ2n) is 4.90. The lowest BCUT2D eigenvalue weighted by atomic mass is 10.0. The molecule has 4 heteroatoms. The quantitative estimate of drug-likeness (QED) is 0.633. The lowest BCUT2D eigenvalue weighted by molar-refractivity contribution is 0.0500. The predicted octanol–water partition coefficient (Wildman–Crippen LogP) is 1.31. The summed E-state index contributed by atoms with van der Waals surface area (Å²) in [7, 11) is 0. The van der Waals surface area contributed by atoms with Crippen molar-refractivity contribution in [3.63, 3.8) is 0 Å². The second-order valence-corrected chi connectivity index (χ2v) is 4.90. The molecule has 0 aromatic rings. The standard InChI is InChI=1S/C12H20N2O2/c15-11(14-10-5-1-2-6-10)13-9-12(16)7-3-4-8-12/h1-2,10,16H,3-9H2,(H2,13,14,15). The first-order valence-corrected chi connectivity index (χ1v) is 6.10. The number of urea groups is 1. The van der Waals surface area contributed by atoms with Gasteiger partial charge >= 0.3 is 6.03 Å². The summed E-state index contributed by atoms with van der Waals surface area (Å²) in [5.41, 5.74) is -0.661. The third-order valence-corrected chi connectivity index (χ3v) is 3.46. The van der Waals surface area contributed by atoms with Gasteiger partial charge in [-0.05, 0) is 25.7 Å². The van der Waals surface area contributed by atoms with E-state index in [0.717, 1.165) is 38.5 Å². The molecule has 0 unspecified atom stereocenters. The molecule has 0 aliphatic heterocycles. The Morgan fingerprint density at radius 3 is 2.56 bits per heavy atom. The Morgan fingerprint density at radius 1 is 1.31 bits per heavy atom. The first-order chi connectivity index (χ1) is 7.68. The average molecular weight is 224 g/mol. The molecule has 0 aromatic heterocycles. The van der Waals surface area contributed by atoms with E-state index in [1.54, 1.807) is 0 Å². The van der Waals surface area contributed by atoms with Crippen molar-refractivity contribution in [1.29, 1.82) is 0 Å². The number of nitrogens with one attached hydrogen (secondary N) is 2. The van der Waals surface area contributed by atoms with Crippen LogP contribution in [0.25, 0.3) is 0 Å². The van der Waals surface area contributed by atoms with E-state index in [0.29, 0.717) is 6.54 Å². The van der Waals surface area contributed by atoms with Crippen LogP contribution in [0.5, 0.6) is 0 Å². The fraction of sp³-hybridized carbons (Fsp3) is 0.750. The van der Waals surface area contributed by atoms with E-state index in [4.69, 9.17) is 0 Å². The smallest absolute Gasteiger partial charge is 0.315 e. The van der Waals surface area contributed by atoms with Crippen molar-refractivity contribution in [2.24, 2.45) is 0 Å². The molecule has 2 amide bonds. The Labute approximate surface area is 96.1 Å². The van der Waals surface area contributed by atoms with Gasteiger partial charge in [-0.3, -0.25) is 0 Å². The van der Waals surface area contributed by atoms with Gasteiger partial charge in [0.2, 0.25) is 0 Å². The van der Waals surface area contributed by atoms with Gasteiger partial charge in [-0.25, -0.2) is 4.79 Å². The molecule has 4 nitrogen and oxygen atoms in total. The molecular weight excluding hydrogens is 204 g/mol. The van der Waals surface area contributed by atoms with Gasteiger partial charge in [-0.2, -0.15) is 0 Å². The minimum absolute atomic E-state index is 0.158. The molecule has 16 heavy (non-hydrogen) atoms. The van der Waals surface area contributed by atoms with Crippen LogP contribution in [-0.4, -0.2) is 29.3 Å². The van der Waals surface area contributed by atoms with Crippen molar-refractivity contribution in [2.45, 2.75) is 50.2 Å². The van der Waals surface area contributed by atoms with Crippen LogP contribution in [0.2, 0.25) is 0 Å². The zero-order chi connectivity index (χ0) is 11.4. The number of aliphatic hydroxyl groups is 1. The van der Waals surface area contributed by atoms with Gasteiger partial charge < -0.3 is 15.7 Å². The molecule has 0 spiro atoms. The molecule has 90 valence electrons. The zero-order valence-corrected chi connectivity index (χ0v) is 9.54. The molecule has 0 radical (unpaired) electrons. The molecule has 0 heterocycles. The summed E-state index contributed by atoms with van der Waals surface area (Å²) >= 11 is 0. The lowest BCUT2D eigenvalue weighted by Crippen LogP contribution is -2.47. The largest absolute Gasteiger partial charge is 0.388 e. The van der Waals surface area contributed by atoms with Gasteiger partial charge in [0.1, 0.15) is 0 Å². The maximum absolute atomic E-state index is 11.5. The van der Waals surface area contributed by atoms with E-state index < -0.39 is 5.60 Å². The van der Waals surface area contributed by atoms with Gasteiger partial charge in [0.25, 0.3) is 0 Å². The van der Waals surface area contributed by atoms with Crippen molar-refractivity contribution >= 4 is 6.03 Å². The Morgan fingerprint density at radius 2 is 1.94 bits per heavy atom. The Bertz CT molecular complexity index is 275. The lowest BCUT2D eigenvalue weighted by Gasteiger charge is -2.23. The first-order valence-electron chi connectivity index (χ1n) is 6.10. The summed E-state index contributed by atoms with van der Waals surface area (Å²) in [6.07, 6.45) is 9.72. The summed E-state index contributed by atoms with van der Waals surface area (Å²) in [4.78, 5) is 11.5. The van der Waals surface area contributed by atoms with Gasteiger partial charge in [0.15, 0.2) is 0 Å². The van der Waals surface area contributed by atoms with Crippen LogP contribution in [0, 0.1) is 0 Å². The number of hydrogen-bond acceptors (Lipinski definition) is 2. The van der Waals surface area contributed by atoms with E-state index in [9.17, 15) is 9.90 Å². The summed E-state index contributed by atoms with van der Waals surface area (Å²) in [5, 5.41) is 15.7. The minimum atomic E-state index is -0.661. The van der Waals surface area contributed by atoms with E-state index in [1.165, 1.54) is 0 Å². The van der Waals surface area contributed by atoms with Crippen LogP contribution < -0.4 is 10.6 Å². The van der Waals surface area contributed by atoms with Gasteiger partial charge in [0.05, 0.1) is 5.60 Å². The summed E-state index contributed by atoms with van der Waals surface area (Å²) < 4.78 is 0. The predicted molar refractivity (Wildman–Crippen MR) is 62.1 cm³/mol. The summed E-state index contributed by atoms with van der Waals surface area (Å²) in [5.74, 6) is 0. The first kappa shape index (κ1) is 11.5. The van der Waals surface area contributed by atoms with Crippen LogP contribution in [-0.2, 0) is 0 Å².